The van der Waals surface area contributed by atoms with E-state index in [1.54, 1.807) is 14.2 Å². The van der Waals surface area contributed by atoms with Crippen molar-refractivity contribution in [3.8, 4) is 11.5 Å². The van der Waals surface area contributed by atoms with Crippen molar-refractivity contribution < 1.29 is 28.8 Å². The van der Waals surface area contributed by atoms with Crippen LogP contribution in [0.2, 0.25) is 0 Å². The van der Waals surface area contributed by atoms with Gasteiger partial charge in [0.25, 0.3) is 0 Å². The second-order valence-corrected chi connectivity index (χ2v) is 11.8. The van der Waals surface area contributed by atoms with Crippen LogP contribution < -0.4 is 20.5 Å². The lowest BCUT2D eigenvalue weighted by Crippen LogP contribution is -2.48. The molecular weight excluding hydrogens is 510 g/mol. The molecule has 2 rings (SSSR count). The van der Waals surface area contributed by atoms with E-state index in [-0.39, 0.29) is 30.0 Å². The van der Waals surface area contributed by atoms with Gasteiger partial charge in [0.2, 0.25) is 5.91 Å². The minimum Gasteiger partial charge on any atom is -0.493 e. The third kappa shape index (κ3) is 11.9. The highest BCUT2D eigenvalue weighted by Gasteiger charge is 2.27. The number of rotatable bonds is 18. The smallest absolute Gasteiger partial charge is 0.222 e. The zero-order valence-corrected chi connectivity index (χ0v) is 25.9. The van der Waals surface area contributed by atoms with Crippen molar-refractivity contribution in [2.45, 2.75) is 84.7 Å². The van der Waals surface area contributed by atoms with Crippen LogP contribution in [-0.2, 0) is 20.7 Å². The fourth-order valence-electron chi connectivity index (χ4n) is 5.37. The molecule has 0 radical (unpaired) electrons. The average Bonchev–Trinajstić information content (AvgIpc) is 2.90. The van der Waals surface area contributed by atoms with Crippen LogP contribution in [-0.4, -0.2) is 93.9 Å². The normalized spacial score (nSPS) is 21.1. The first-order valence-corrected chi connectivity index (χ1v) is 14.9. The molecule has 40 heavy (non-hydrogen) atoms. The summed E-state index contributed by atoms with van der Waals surface area (Å²) in [6, 6.07) is 5.62. The monoisotopic (exact) mass is 565 g/mol. The number of amides is 1. The molecule has 0 aliphatic carbocycles. The van der Waals surface area contributed by atoms with Crippen LogP contribution >= 0.6 is 0 Å². The van der Waals surface area contributed by atoms with Crippen molar-refractivity contribution in [1.29, 1.82) is 0 Å². The van der Waals surface area contributed by atoms with Crippen molar-refractivity contribution in [1.82, 2.24) is 10.2 Å². The molecule has 1 aliphatic rings. The Morgan fingerprint density at radius 2 is 1.82 bits per heavy atom. The Kier molecular flexibility index (Phi) is 15.3. The van der Waals surface area contributed by atoms with Gasteiger partial charge in [-0.15, -0.1) is 0 Å². The summed E-state index contributed by atoms with van der Waals surface area (Å²) in [4.78, 5) is 15.0. The van der Waals surface area contributed by atoms with Crippen LogP contribution in [0.4, 0.5) is 0 Å². The molecule has 0 spiro atoms. The van der Waals surface area contributed by atoms with Gasteiger partial charge in [0.05, 0.1) is 32.0 Å². The molecule has 9 heteroatoms. The van der Waals surface area contributed by atoms with Gasteiger partial charge in [-0.25, -0.2) is 0 Å². The van der Waals surface area contributed by atoms with E-state index in [2.05, 4.69) is 44.0 Å². The van der Waals surface area contributed by atoms with E-state index in [1.807, 2.05) is 19.1 Å². The lowest BCUT2D eigenvalue weighted by atomic mass is 9.82. The largest absolute Gasteiger partial charge is 0.493 e. The molecule has 1 aliphatic heterocycles. The molecule has 1 saturated heterocycles. The number of morpholine rings is 1. The van der Waals surface area contributed by atoms with Gasteiger partial charge in [0.1, 0.15) is 0 Å². The number of carbonyl (C=O) groups is 1. The van der Waals surface area contributed by atoms with Crippen molar-refractivity contribution in [3.63, 3.8) is 0 Å². The number of aliphatic hydroxyl groups excluding tert-OH is 1. The molecule has 1 heterocycles. The van der Waals surface area contributed by atoms with E-state index in [0.717, 1.165) is 43.8 Å². The maximum atomic E-state index is 12.7. The molecule has 4 N–H and O–H groups in total. The minimum absolute atomic E-state index is 0.0442. The van der Waals surface area contributed by atoms with Crippen LogP contribution in [0, 0.1) is 17.8 Å². The Balaban J connectivity index is 1.85. The van der Waals surface area contributed by atoms with Crippen molar-refractivity contribution in [2.24, 2.45) is 23.5 Å². The first-order chi connectivity index (χ1) is 19.0. The van der Waals surface area contributed by atoms with Crippen molar-refractivity contribution in [3.05, 3.63) is 23.8 Å². The Morgan fingerprint density at radius 1 is 1.12 bits per heavy atom. The molecule has 9 nitrogen and oxygen atoms in total. The molecule has 1 aromatic rings. The fourth-order valence-corrected chi connectivity index (χ4v) is 5.37. The molecular formula is C31H55N3O6. The molecule has 0 unspecified atom stereocenters. The molecule has 230 valence electrons. The number of hydrogen-bond donors (Lipinski definition) is 3. The third-order valence-corrected chi connectivity index (χ3v) is 7.75. The highest BCUT2D eigenvalue weighted by atomic mass is 16.5. The Bertz CT molecular complexity index is 859. The minimum atomic E-state index is -0.751. The second-order valence-electron chi connectivity index (χ2n) is 11.8. The van der Waals surface area contributed by atoms with Gasteiger partial charge in [-0.05, 0) is 62.6 Å². The lowest BCUT2D eigenvalue weighted by Gasteiger charge is -2.35. The fraction of sp³-hybridized carbons (Fsp3) is 0.774. The number of nitrogens with one attached hydrogen (secondary N) is 1. The van der Waals surface area contributed by atoms with Crippen LogP contribution in [0.15, 0.2) is 18.2 Å². The Morgan fingerprint density at radius 3 is 2.45 bits per heavy atom. The molecule has 0 saturated carbocycles. The summed E-state index contributed by atoms with van der Waals surface area (Å²) in [5.41, 5.74) is 7.63. The van der Waals surface area contributed by atoms with Gasteiger partial charge in [-0.2, -0.15) is 0 Å². The first-order valence-electron chi connectivity index (χ1n) is 14.9. The number of nitrogens with zero attached hydrogens (tertiary/aromatic N) is 1. The summed E-state index contributed by atoms with van der Waals surface area (Å²) in [6.07, 6.45) is 2.27. The summed E-state index contributed by atoms with van der Waals surface area (Å²) in [6.45, 7) is 14.7. The van der Waals surface area contributed by atoms with E-state index >= 15 is 0 Å². The molecule has 0 bridgehead atoms. The van der Waals surface area contributed by atoms with Gasteiger partial charge in [0, 0.05) is 58.3 Å². The maximum absolute atomic E-state index is 12.7. The summed E-state index contributed by atoms with van der Waals surface area (Å²) < 4.78 is 22.3. The van der Waals surface area contributed by atoms with E-state index in [1.165, 1.54) is 0 Å². The van der Waals surface area contributed by atoms with Crippen LogP contribution in [0.25, 0.3) is 0 Å². The zero-order chi connectivity index (χ0) is 29.7. The highest BCUT2D eigenvalue weighted by Crippen LogP contribution is 2.31. The molecule has 1 fully saturated rings. The predicted octanol–water partition coefficient (Wildman–Crippen LogP) is 3.26. The molecule has 1 amide bonds. The van der Waals surface area contributed by atoms with E-state index < -0.39 is 12.1 Å². The van der Waals surface area contributed by atoms with Crippen molar-refractivity contribution in [2.75, 3.05) is 53.6 Å². The van der Waals surface area contributed by atoms with Gasteiger partial charge >= 0.3 is 0 Å². The zero-order valence-electron chi connectivity index (χ0n) is 25.9. The molecule has 1 aromatic carbocycles. The number of ether oxygens (including phenoxy) is 4. The number of aliphatic hydroxyl groups is 1. The standard InChI is InChI=1S/C31H55N3O6/c1-21(2)26(16-25-9-10-29(38-7)30(17-25)39-14-8-13-37-6)18-27(32)28(35)15-22(3)31(36)33-11-12-34-19-23(4)40-24(5)20-34/h9-10,17,21-24,26-28,35H,8,11-16,18-20,32H2,1-7H3,(H,33,36)/t22-,23-,24-,26+,27+,28+/m1/s1. The third-order valence-electron chi connectivity index (χ3n) is 7.75. The summed E-state index contributed by atoms with van der Waals surface area (Å²) in [5, 5.41) is 13.9. The van der Waals surface area contributed by atoms with Crippen molar-refractivity contribution >= 4 is 5.91 Å². The Labute approximate surface area is 242 Å². The summed E-state index contributed by atoms with van der Waals surface area (Å²) in [5.74, 6) is 1.70. The van der Waals surface area contributed by atoms with E-state index in [9.17, 15) is 9.90 Å². The van der Waals surface area contributed by atoms with Gasteiger partial charge in [-0.3, -0.25) is 9.69 Å². The number of benzene rings is 1. The predicted molar refractivity (Wildman–Crippen MR) is 159 cm³/mol. The quantitative estimate of drug-likeness (QED) is 0.232. The molecule has 6 atom stereocenters. The number of hydrogen-bond acceptors (Lipinski definition) is 8. The number of nitrogens with two attached hydrogens (primary N) is 1. The van der Waals surface area contributed by atoms with Gasteiger partial charge in [0.15, 0.2) is 11.5 Å². The van der Waals surface area contributed by atoms with Crippen LogP contribution in [0.3, 0.4) is 0 Å². The number of methoxy groups -OCH3 is 2. The molecule has 0 aromatic heterocycles. The van der Waals surface area contributed by atoms with E-state index in [4.69, 9.17) is 24.7 Å². The van der Waals surface area contributed by atoms with Crippen LogP contribution in [0.1, 0.15) is 59.4 Å². The summed E-state index contributed by atoms with van der Waals surface area (Å²) >= 11 is 0. The average molecular weight is 566 g/mol. The topological polar surface area (TPSA) is 116 Å². The first kappa shape index (κ1) is 34.3. The SMILES string of the molecule is COCCCOc1cc(C[C@@H](C[C@H](N)[C@@H](O)C[C@@H](C)C(=O)NCCN2C[C@@H](C)O[C@H](C)C2)C(C)C)ccc1OC. The highest BCUT2D eigenvalue weighted by molar-refractivity contribution is 5.78. The Hall–Kier alpha value is -1.91. The lowest BCUT2D eigenvalue weighted by molar-refractivity contribution is -0.125. The summed E-state index contributed by atoms with van der Waals surface area (Å²) in [7, 11) is 3.32. The van der Waals surface area contributed by atoms with Gasteiger partial charge in [-0.1, -0.05) is 26.8 Å². The van der Waals surface area contributed by atoms with E-state index in [0.29, 0.717) is 44.3 Å². The van der Waals surface area contributed by atoms with Gasteiger partial charge < -0.3 is 35.1 Å². The van der Waals surface area contributed by atoms with Crippen LogP contribution in [0.5, 0.6) is 11.5 Å². The second kappa shape index (κ2) is 17.8. The number of carbonyl (C=O) groups excluding carboxylic acids is 1. The maximum Gasteiger partial charge on any atom is 0.222 e.